The summed E-state index contributed by atoms with van der Waals surface area (Å²) in [5.41, 5.74) is 1.01. The highest BCUT2D eigenvalue weighted by Gasteiger charge is 2.23. The minimum absolute atomic E-state index is 0.0856. The van der Waals surface area contributed by atoms with E-state index in [1.165, 1.54) is 12.5 Å². The lowest BCUT2D eigenvalue weighted by Gasteiger charge is -2.24. The molecule has 1 fully saturated rings. The van der Waals surface area contributed by atoms with Crippen LogP contribution in [0.25, 0.3) is 0 Å². The highest BCUT2D eigenvalue weighted by Crippen LogP contribution is 2.27. The van der Waals surface area contributed by atoms with E-state index >= 15 is 0 Å². The third kappa shape index (κ3) is 4.43. The van der Waals surface area contributed by atoms with Crippen LogP contribution >= 0.6 is 15.9 Å². The first-order chi connectivity index (χ1) is 10.4. The van der Waals surface area contributed by atoms with Crippen LogP contribution in [0.2, 0.25) is 0 Å². The second-order valence-corrected chi connectivity index (χ2v) is 8.36. The Balaban J connectivity index is 2.18. The molecule has 0 amide bonds. The highest BCUT2D eigenvalue weighted by atomic mass is 79.9. The molecule has 1 saturated carbocycles. The van der Waals surface area contributed by atoms with Crippen LogP contribution in [0.4, 0.5) is 0 Å². The molecule has 2 rings (SSSR count). The zero-order chi connectivity index (χ0) is 16.2. The smallest absolute Gasteiger partial charge is 0.263 e. The first-order valence-corrected chi connectivity index (χ1v) is 9.76. The number of amidine groups is 1. The lowest BCUT2D eigenvalue weighted by molar-refractivity contribution is 0.460. The first-order valence-electron chi connectivity index (χ1n) is 7.36. The maximum atomic E-state index is 12.4. The highest BCUT2D eigenvalue weighted by molar-refractivity contribution is 9.09. The number of hydrogen-bond donors (Lipinski definition) is 1. The third-order valence-corrected chi connectivity index (χ3v) is 6.15. The SMILES string of the molecule is C=CC(=N[C@H]1CCCC[C@@H]1Br)NS(=O)(=O)c1ccc(C)cc1. The maximum absolute atomic E-state index is 12.4. The van der Waals surface area contributed by atoms with Crippen LogP contribution in [-0.4, -0.2) is 25.1 Å². The Morgan fingerprint density at radius 1 is 1.32 bits per heavy atom. The lowest BCUT2D eigenvalue weighted by Crippen LogP contribution is -2.32. The van der Waals surface area contributed by atoms with Crippen LogP contribution in [0.5, 0.6) is 0 Å². The van der Waals surface area contributed by atoms with E-state index in [-0.39, 0.29) is 10.9 Å². The number of aliphatic imine (C=N–C) groups is 1. The van der Waals surface area contributed by atoms with Crippen LogP contribution in [0, 0.1) is 6.92 Å². The summed E-state index contributed by atoms with van der Waals surface area (Å²) in [5.74, 6) is 0.303. The minimum Gasteiger partial charge on any atom is -0.264 e. The van der Waals surface area contributed by atoms with Gasteiger partial charge in [-0.25, -0.2) is 8.42 Å². The fourth-order valence-electron chi connectivity index (χ4n) is 2.42. The van der Waals surface area contributed by atoms with Gasteiger partial charge in [0, 0.05) is 4.83 Å². The van der Waals surface area contributed by atoms with Gasteiger partial charge in [-0.05, 0) is 38.0 Å². The Hall–Kier alpha value is -1.14. The van der Waals surface area contributed by atoms with E-state index in [0.717, 1.165) is 24.8 Å². The Morgan fingerprint density at radius 2 is 1.95 bits per heavy atom. The van der Waals surface area contributed by atoms with Crippen LogP contribution in [0.3, 0.4) is 0 Å². The molecular weight excluding hydrogens is 364 g/mol. The van der Waals surface area contributed by atoms with Crippen molar-refractivity contribution < 1.29 is 8.42 Å². The van der Waals surface area contributed by atoms with E-state index in [1.807, 2.05) is 6.92 Å². The average Bonchev–Trinajstić information content (AvgIpc) is 2.49. The summed E-state index contributed by atoms with van der Waals surface area (Å²) in [6.07, 6.45) is 5.77. The minimum atomic E-state index is -3.62. The van der Waals surface area contributed by atoms with Gasteiger partial charge in [-0.3, -0.25) is 9.71 Å². The number of alkyl halides is 1. The topological polar surface area (TPSA) is 58.5 Å². The normalized spacial score (nSPS) is 23.1. The number of aryl methyl sites for hydroxylation is 1. The van der Waals surface area contributed by atoms with E-state index in [2.05, 4.69) is 32.2 Å². The number of hydrogen-bond acceptors (Lipinski definition) is 3. The number of sulfonamides is 1. The number of nitrogens with one attached hydrogen (secondary N) is 1. The number of nitrogens with zero attached hydrogens (tertiary/aromatic N) is 1. The number of halogens is 1. The molecule has 0 aliphatic heterocycles. The second kappa shape index (κ2) is 7.42. The molecule has 22 heavy (non-hydrogen) atoms. The largest absolute Gasteiger partial charge is 0.264 e. The van der Waals surface area contributed by atoms with Crippen LogP contribution in [0.1, 0.15) is 31.2 Å². The van der Waals surface area contributed by atoms with Crippen molar-refractivity contribution in [2.24, 2.45) is 4.99 Å². The molecule has 0 spiro atoms. The van der Waals surface area contributed by atoms with Crippen LogP contribution in [-0.2, 0) is 10.0 Å². The Kier molecular flexibility index (Phi) is 5.81. The van der Waals surface area contributed by atoms with Gasteiger partial charge in [0.2, 0.25) is 0 Å². The quantitative estimate of drug-likeness (QED) is 0.490. The Bertz CT molecular complexity index is 653. The third-order valence-electron chi connectivity index (χ3n) is 3.72. The molecule has 4 nitrogen and oxygen atoms in total. The van der Waals surface area contributed by atoms with Crippen LogP contribution < -0.4 is 4.72 Å². The predicted octanol–water partition coefficient (Wildman–Crippen LogP) is 3.56. The zero-order valence-electron chi connectivity index (χ0n) is 12.6. The molecule has 0 unspecified atom stereocenters. The van der Waals surface area contributed by atoms with Gasteiger partial charge in [0.1, 0.15) is 5.84 Å². The summed E-state index contributed by atoms with van der Waals surface area (Å²) in [5, 5.41) is 0. The number of rotatable bonds is 4. The van der Waals surface area contributed by atoms with Crippen molar-refractivity contribution >= 4 is 31.8 Å². The van der Waals surface area contributed by atoms with Crippen molar-refractivity contribution in [2.45, 2.75) is 48.4 Å². The molecule has 1 aromatic carbocycles. The fraction of sp³-hybridized carbons (Fsp3) is 0.438. The van der Waals surface area contributed by atoms with Crippen molar-refractivity contribution in [2.75, 3.05) is 0 Å². The Morgan fingerprint density at radius 3 is 2.55 bits per heavy atom. The van der Waals surface area contributed by atoms with E-state index < -0.39 is 10.0 Å². The molecule has 0 bridgehead atoms. The Labute approximate surface area is 140 Å². The summed E-state index contributed by atoms with van der Waals surface area (Å²) < 4.78 is 27.3. The van der Waals surface area contributed by atoms with Gasteiger partial charge in [-0.15, -0.1) is 0 Å². The van der Waals surface area contributed by atoms with Crippen molar-refractivity contribution in [1.29, 1.82) is 0 Å². The summed E-state index contributed by atoms with van der Waals surface area (Å²) in [4.78, 5) is 5.04. The maximum Gasteiger partial charge on any atom is 0.263 e. The summed E-state index contributed by atoms with van der Waals surface area (Å²) in [6, 6.07) is 6.81. The van der Waals surface area contributed by atoms with Gasteiger partial charge in [0.05, 0.1) is 10.9 Å². The van der Waals surface area contributed by atoms with Crippen molar-refractivity contribution in [1.82, 2.24) is 4.72 Å². The van der Waals surface area contributed by atoms with Gasteiger partial charge < -0.3 is 0 Å². The molecular formula is C16H21BrN2O2S. The predicted molar refractivity (Wildman–Crippen MR) is 94.1 cm³/mol. The summed E-state index contributed by atoms with van der Waals surface area (Å²) in [7, 11) is -3.62. The lowest BCUT2D eigenvalue weighted by atomic mass is 9.96. The van der Waals surface area contributed by atoms with E-state index in [4.69, 9.17) is 0 Å². The van der Waals surface area contributed by atoms with E-state index in [1.54, 1.807) is 24.3 Å². The molecule has 120 valence electrons. The average molecular weight is 385 g/mol. The fourth-order valence-corrected chi connectivity index (χ4v) is 4.15. The first kappa shape index (κ1) is 17.2. The molecule has 0 saturated heterocycles. The molecule has 2 atom stereocenters. The van der Waals surface area contributed by atoms with Crippen molar-refractivity contribution in [3.8, 4) is 0 Å². The molecule has 1 aliphatic carbocycles. The van der Waals surface area contributed by atoms with E-state index in [9.17, 15) is 8.42 Å². The number of benzene rings is 1. The van der Waals surface area contributed by atoms with Crippen molar-refractivity contribution in [3.63, 3.8) is 0 Å². The summed E-state index contributed by atoms with van der Waals surface area (Å²) in [6.45, 7) is 5.59. The van der Waals surface area contributed by atoms with Gasteiger partial charge in [0.25, 0.3) is 10.0 Å². The molecule has 1 aliphatic rings. The molecule has 1 N–H and O–H groups in total. The molecule has 0 radical (unpaired) electrons. The van der Waals surface area contributed by atoms with Crippen molar-refractivity contribution in [3.05, 3.63) is 42.5 Å². The van der Waals surface area contributed by atoms with Gasteiger partial charge in [-0.1, -0.05) is 53.0 Å². The molecule has 0 heterocycles. The zero-order valence-corrected chi connectivity index (χ0v) is 15.0. The molecule has 6 heteroatoms. The van der Waals surface area contributed by atoms with Gasteiger partial charge in [0.15, 0.2) is 0 Å². The molecule has 1 aromatic rings. The monoisotopic (exact) mass is 384 g/mol. The summed E-state index contributed by atoms with van der Waals surface area (Å²) >= 11 is 3.63. The van der Waals surface area contributed by atoms with Crippen LogP contribution in [0.15, 0.2) is 46.8 Å². The molecule has 0 aromatic heterocycles. The van der Waals surface area contributed by atoms with Gasteiger partial charge in [-0.2, -0.15) is 0 Å². The van der Waals surface area contributed by atoms with E-state index in [0.29, 0.717) is 10.7 Å². The van der Waals surface area contributed by atoms with Gasteiger partial charge >= 0.3 is 0 Å². The standard InChI is InChI=1S/C16H21BrN2O2S/c1-3-16(18-15-7-5-4-6-14(15)17)19-22(20,21)13-10-8-12(2)9-11-13/h3,8-11,14-15H,1,4-7H2,2H3,(H,18,19)/t14-,15-/m0/s1. The second-order valence-electron chi connectivity index (χ2n) is 5.50.